The van der Waals surface area contributed by atoms with Gasteiger partial charge < -0.3 is 4.43 Å². The zero-order valence-electron chi connectivity index (χ0n) is 15.8. The molecular weight excluding hydrogens is 389 g/mol. The zero-order chi connectivity index (χ0) is 18.8. The van der Waals surface area contributed by atoms with E-state index in [1.54, 1.807) is 0 Å². The number of aryl methyl sites for hydroxylation is 1. The van der Waals surface area contributed by atoms with Crippen molar-refractivity contribution in [1.29, 1.82) is 0 Å². The molecule has 1 aromatic rings. The van der Waals surface area contributed by atoms with Crippen molar-refractivity contribution in [3.05, 3.63) is 29.3 Å². The lowest BCUT2D eigenvalue weighted by Crippen LogP contribution is -2.47. The number of alkyl halides is 1. The van der Waals surface area contributed by atoms with Crippen molar-refractivity contribution in [3.8, 4) is 0 Å². The van der Waals surface area contributed by atoms with Crippen molar-refractivity contribution >= 4 is 30.0 Å². The van der Waals surface area contributed by atoms with Crippen molar-refractivity contribution in [2.45, 2.75) is 71.2 Å². The van der Waals surface area contributed by atoms with Gasteiger partial charge in [0, 0.05) is 6.20 Å². The lowest BCUT2D eigenvalue weighted by molar-refractivity contribution is 0.0821. The number of carbonyl (C=O) groups is 1. The Morgan fingerprint density at radius 3 is 2.38 bits per heavy atom. The summed E-state index contributed by atoms with van der Waals surface area (Å²) in [6.45, 7) is 15.1. The molecule has 6 heteroatoms. The lowest BCUT2D eigenvalue weighted by atomic mass is 10.00. The summed E-state index contributed by atoms with van der Waals surface area (Å²) in [6, 6.07) is 1.43. The first-order chi connectivity index (χ1) is 10.8. The molecule has 3 nitrogen and oxygen atoms in total. The number of carbonyl (C=O) groups excluding carboxylic acids is 1. The van der Waals surface area contributed by atoms with Gasteiger partial charge in [0.2, 0.25) is 0 Å². The Balaban J connectivity index is 2.87. The highest BCUT2D eigenvalue weighted by Gasteiger charge is 2.41. The van der Waals surface area contributed by atoms with E-state index in [0.29, 0.717) is 18.5 Å². The molecule has 0 saturated heterocycles. The van der Waals surface area contributed by atoms with Gasteiger partial charge in [-0.3, -0.25) is 9.78 Å². The Labute approximate surface area is 154 Å². The third-order valence-corrected chi connectivity index (χ3v) is 9.87. The first-order valence-corrected chi connectivity index (χ1v) is 12.3. The fourth-order valence-corrected chi connectivity index (χ4v) is 4.35. The van der Waals surface area contributed by atoms with Crippen LogP contribution >= 0.6 is 15.9 Å². The van der Waals surface area contributed by atoms with E-state index < -0.39 is 14.1 Å². The molecule has 0 bridgehead atoms. The molecule has 0 fully saturated rings. The molecule has 0 spiro atoms. The summed E-state index contributed by atoms with van der Waals surface area (Å²) in [6.07, 6.45) is 2.59. The minimum atomic E-state index is -1.90. The fourth-order valence-electron chi connectivity index (χ4n) is 2.26. The quantitative estimate of drug-likeness (QED) is 0.332. The smallest absolute Gasteiger partial charge is 0.192 e. The van der Waals surface area contributed by atoms with E-state index in [0.717, 1.165) is 0 Å². The van der Waals surface area contributed by atoms with Gasteiger partial charge in [-0.1, -0.05) is 36.7 Å². The van der Waals surface area contributed by atoms with Crippen LogP contribution in [0.5, 0.6) is 0 Å². The third kappa shape index (κ3) is 5.46. The van der Waals surface area contributed by atoms with Gasteiger partial charge in [0.15, 0.2) is 19.9 Å². The molecule has 0 amide bonds. The number of hydrogen-bond acceptors (Lipinski definition) is 3. The fraction of sp³-hybridized carbons (Fsp3) is 0.667. The highest BCUT2D eigenvalue weighted by Crippen LogP contribution is 2.40. The van der Waals surface area contributed by atoms with Crippen LogP contribution in [0.25, 0.3) is 0 Å². The third-order valence-electron chi connectivity index (χ3n) is 4.68. The predicted octanol–water partition coefficient (Wildman–Crippen LogP) is 5.53. The normalized spacial score (nSPS) is 13.2. The number of pyridine rings is 1. The Kier molecular flexibility index (Phi) is 6.92. The summed E-state index contributed by atoms with van der Waals surface area (Å²) >= 11 is 3.08. The summed E-state index contributed by atoms with van der Waals surface area (Å²) in [4.78, 5) is 15.9. The van der Waals surface area contributed by atoms with E-state index in [9.17, 15) is 9.18 Å². The molecule has 0 aliphatic rings. The molecular formula is C18H29BrFNO2Si. The molecule has 0 aliphatic heterocycles. The van der Waals surface area contributed by atoms with Crippen molar-refractivity contribution in [2.75, 3.05) is 5.33 Å². The van der Waals surface area contributed by atoms with Crippen LogP contribution in [-0.4, -0.2) is 30.0 Å². The second kappa shape index (κ2) is 7.75. The predicted molar refractivity (Wildman–Crippen MR) is 103 cm³/mol. The number of rotatable bonds is 7. The van der Waals surface area contributed by atoms with Gasteiger partial charge >= 0.3 is 0 Å². The molecule has 1 heterocycles. The Hall–Kier alpha value is -0.593. The molecule has 0 N–H and O–H groups in total. The number of Topliss-reactive ketones (excluding diaryl/α,β-unsaturated/α-hetero) is 1. The van der Waals surface area contributed by atoms with Gasteiger partial charge in [0.25, 0.3) is 0 Å². The lowest BCUT2D eigenvalue weighted by Gasteiger charge is -2.43. The number of hydrogen-bond donors (Lipinski definition) is 0. The molecule has 1 rings (SSSR count). The first kappa shape index (κ1) is 21.4. The second-order valence-electron chi connectivity index (χ2n) is 8.30. The van der Waals surface area contributed by atoms with Crippen molar-refractivity contribution in [1.82, 2.24) is 4.98 Å². The maximum absolute atomic E-state index is 14.5. The SMILES string of the molecule is CC(C)(CCc1nccc(C(=O)CBr)c1F)O[Si](C)(C)C(C)(C)C. The summed E-state index contributed by atoms with van der Waals surface area (Å²) in [5.74, 6) is -0.780. The maximum atomic E-state index is 14.5. The van der Waals surface area contributed by atoms with E-state index in [1.165, 1.54) is 12.3 Å². The standard InChI is InChI=1S/C18H29BrFNO2Si/c1-17(2,3)24(6,7)23-18(4,5)10-8-14-16(20)13(9-11-21-14)15(22)12-19/h9,11H,8,10,12H2,1-7H3. The van der Waals surface area contributed by atoms with Crippen LogP contribution in [0.4, 0.5) is 4.39 Å². The zero-order valence-corrected chi connectivity index (χ0v) is 18.4. The molecule has 24 heavy (non-hydrogen) atoms. The average Bonchev–Trinajstić information content (AvgIpc) is 2.43. The molecule has 0 saturated carbocycles. The van der Waals surface area contributed by atoms with Gasteiger partial charge in [-0.2, -0.15) is 0 Å². The molecule has 136 valence electrons. The maximum Gasteiger partial charge on any atom is 0.192 e. The van der Waals surface area contributed by atoms with Crippen LogP contribution in [0.15, 0.2) is 12.3 Å². The largest absolute Gasteiger partial charge is 0.412 e. The van der Waals surface area contributed by atoms with Crippen LogP contribution in [0.2, 0.25) is 18.1 Å². The average molecular weight is 418 g/mol. The minimum absolute atomic E-state index is 0.0972. The number of aromatic nitrogens is 1. The minimum Gasteiger partial charge on any atom is -0.412 e. The Bertz CT molecular complexity index is 597. The van der Waals surface area contributed by atoms with Crippen LogP contribution in [0.3, 0.4) is 0 Å². The van der Waals surface area contributed by atoms with E-state index >= 15 is 0 Å². The van der Waals surface area contributed by atoms with Gasteiger partial charge in [-0.05, 0) is 50.9 Å². The van der Waals surface area contributed by atoms with E-state index in [1.807, 2.05) is 13.8 Å². The highest BCUT2D eigenvalue weighted by molar-refractivity contribution is 9.09. The molecule has 0 aliphatic carbocycles. The molecule has 0 radical (unpaired) electrons. The van der Waals surface area contributed by atoms with Gasteiger partial charge in [-0.25, -0.2) is 4.39 Å². The summed E-state index contributed by atoms with van der Waals surface area (Å²) in [7, 11) is -1.90. The van der Waals surface area contributed by atoms with Crippen LogP contribution in [-0.2, 0) is 10.8 Å². The number of halogens is 2. The van der Waals surface area contributed by atoms with Crippen molar-refractivity contribution in [3.63, 3.8) is 0 Å². The second-order valence-corrected chi connectivity index (χ2v) is 13.6. The molecule has 0 aromatic carbocycles. The first-order valence-electron chi connectivity index (χ1n) is 8.23. The topological polar surface area (TPSA) is 39.2 Å². The van der Waals surface area contributed by atoms with Gasteiger partial charge in [-0.15, -0.1) is 0 Å². The van der Waals surface area contributed by atoms with Gasteiger partial charge in [0.1, 0.15) is 0 Å². The Morgan fingerprint density at radius 2 is 1.88 bits per heavy atom. The molecule has 1 aromatic heterocycles. The number of nitrogens with zero attached hydrogens (tertiary/aromatic N) is 1. The Morgan fingerprint density at radius 1 is 1.29 bits per heavy atom. The summed E-state index contributed by atoms with van der Waals surface area (Å²) in [5, 5.41) is 0.226. The van der Waals surface area contributed by atoms with Crippen LogP contribution < -0.4 is 0 Å². The summed E-state index contributed by atoms with van der Waals surface area (Å²) in [5.41, 5.74) is 0.0562. The van der Waals surface area contributed by atoms with Crippen LogP contribution in [0, 0.1) is 5.82 Å². The van der Waals surface area contributed by atoms with Gasteiger partial charge in [0.05, 0.1) is 22.2 Å². The molecule has 0 unspecified atom stereocenters. The van der Waals surface area contributed by atoms with E-state index in [-0.39, 0.29) is 27.3 Å². The van der Waals surface area contributed by atoms with Crippen molar-refractivity contribution < 1.29 is 13.6 Å². The summed E-state index contributed by atoms with van der Waals surface area (Å²) < 4.78 is 20.9. The van der Waals surface area contributed by atoms with E-state index in [4.69, 9.17) is 4.43 Å². The van der Waals surface area contributed by atoms with E-state index in [2.05, 4.69) is 54.8 Å². The van der Waals surface area contributed by atoms with Crippen molar-refractivity contribution in [2.24, 2.45) is 0 Å². The highest BCUT2D eigenvalue weighted by atomic mass is 79.9. The molecule has 0 atom stereocenters. The monoisotopic (exact) mass is 417 g/mol. The van der Waals surface area contributed by atoms with Crippen LogP contribution in [0.1, 0.15) is 57.1 Å². The number of ketones is 1.